The summed E-state index contributed by atoms with van der Waals surface area (Å²) in [5.41, 5.74) is 14.4. The zero-order chi connectivity index (χ0) is 16.5. The van der Waals surface area contributed by atoms with Crippen molar-refractivity contribution >= 4 is 11.9 Å². The van der Waals surface area contributed by atoms with E-state index in [9.17, 15) is 0 Å². The first-order chi connectivity index (χ1) is 10.4. The number of carbonyl (C=O) groups is 2. The first kappa shape index (κ1) is 21.0. The summed E-state index contributed by atoms with van der Waals surface area (Å²) in [6.45, 7) is 0. The van der Waals surface area contributed by atoms with Crippen LogP contribution in [0.4, 0.5) is 0 Å². The fourth-order valence-corrected chi connectivity index (χ4v) is 1.77. The molecule has 2 aromatic carbocycles. The normalized spacial score (nSPS) is 11.9. The molecule has 0 aliphatic rings. The Morgan fingerprint density at radius 3 is 1.17 bits per heavy atom. The average Bonchev–Trinajstić information content (AvgIpc) is 2.55. The summed E-state index contributed by atoms with van der Waals surface area (Å²) in [7, 11) is 0. The van der Waals surface area contributed by atoms with E-state index in [1.165, 1.54) is 0 Å². The number of hydrogen-bond acceptors (Lipinski definition) is 4. The van der Waals surface area contributed by atoms with Crippen molar-refractivity contribution < 1.29 is 40.9 Å². The minimum atomic E-state index is -1.82. The number of nitrogens with two attached hydrogens (primary N) is 2. The van der Waals surface area contributed by atoms with E-state index in [4.69, 9.17) is 31.3 Å². The summed E-state index contributed by atoms with van der Waals surface area (Å²) in [4.78, 5) is 18.2. The Morgan fingerprint density at radius 1 is 0.696 bits per heavy atom. The van der Waals surface area contributed by atoms with E-state index in [1.807, 2.05) is 60.7 Å². The molecule has 0 heterocycles. The van der Waals surface area contributed by atoms with Crippen molar-refractivity contribution in [2.45, 2.75) is 12.1 Å². The quantitative estimate of drug-likeness (QED) is 0.477. The predicted octanol–water partition coefficient (Wildman–Crippen LogP) is 1.54. The third-order valence-corrected chi connectivity index (χ3v) is 2.94. The summed E-state index contributed by atoms with van der Waals surface area (Å²) in [5, 5.41) is 14.8. The van der Waals surface area contributed by atoms with Crippen LogP contribution < -0.4 is 11.5 Å². The van der Waals surface area contributed by atoms with E-state index in [0.717, 1.165) is 11.1 Å². The van der Waals surface area contributed by atoms with Gasteiger partial charge in [-0.2, -0.15) is 0 Å². The topological polar surface area (TPSA) is 127 Å². The zero-order valence-electron chi connectivity index (χ0n) is 12.1. The number of carboxylic acid groups (broad SMARTS) is 2. The van der Waals surface area contributed by atoms with Crippen LogP contribution in [-0.4, -0.2) is 22.2 Å². The van der Waals surface area contributed by atoms with Gasteiger partial charge in [-0.25, -0.2) is 9.59 Å². The summed E-state index contributed by atoms with van der Waals surface area (Å²) in [5.74, 6) is -3.65. The van der Waals surface area contributed by atoms with Gasteiger partial charge < -0.3 is 21.7 Å². The molecular weight excluding hydrogens is 479 g/mol. The van der Waals surface area contributed by atoms with Gasteiger partial charge >= 0.3 is 11.9 Å². The minimum absolute atomic E-state index is 0. The van der Waals surface area contributed by atoms with Crippen LogP contribution in [0.1, 0.15) is 23.2 Å². The fraction of sp³-hybridized carbons (Fsp3) is 0.125. The SMILES string of the molecule is NC(c1ccccc1)C(N)c1ccccc1.O=C(O)C(=O)O.[Pt]. The molecule has 0 aromatic heterocycles. The molecular formula is C16H18N2O4Pt. The summed E-state index contributed by atoms with van der Waals surface area (Å²) in [6, 6.07) is 19.6. The Kier molecular flexibility index (Phi) is 9.74. The molecule has 0 fully saturated rings. The number of hydrogen-bond donors (Lipinski definition) is 4. The molecule has 0 amide bonds. The molecule has 0 saturated carbocycles. The second-order valence-electron chi connectivity index (χ2n) is 4.48. The Morgan fingerprint density at radius 2 is 0.957 bits per heavy atom. The largest absolute Gasteiger partial charge is 0.473 e. The van der Waals surface area contributed by atoms with Gasteiger partial charge in [0.25, 0.3) is 0 Å². The molecule has 0 spiro atoms. The smallest absolute Gasteiger partial charge is 0.414 e. The van der Waals surface area contributed by atoms with Gasteiger partial charge in [-0.05, 0) is 11.1 Å². The number of rotatable bonds is 3. The van der Waals surface area contributed by atoms with Crippen LogP contribution in [0.25, 0.3) is 0 Å². The number of carboxylic acids is 2. The van der Waals surface area contributed by atoms with Crippen LogP contribution in [0, 0.1) is 0 Å². The molecule has 6 N–H and O–H groups in total. The maximum Gasteiger partial charge on any atom is 0.414 e. The Balaban J connectivity index is 0.000000599. The van der Waals surface area contributed by atoms with Crippen LogP contribution in [0.3, 0.4) is 0 Å². The van der Waals surface area contributed by atoms with Crippen LogP contribution in [0.2, 0.25) is 0 Å². The number of aliphatic carboxylic acids is 2. The fourth-order valence-electron chi connectivity index (χ4n) is 1.77. The molecule has 23 heavy (non-hydrogen) atoms. The van der Waals surface area contributed by atoms with Crippen molar-refractivity contribution in [3.05, 3.63) is 71.8 Å². The van der Waals surface area contributed by atoms with Crippen molar-refractivity contribution in [3.8, 4) is 0 Å². The van der Waals surface area contributed by atoms with Gasteiger partial charge in [0.05, 0.1) is 0 Å². The van der Waals surface area contributed by atoms with Crippen LogP contribution in [-0.2, 0) is 30.7 Å². The molecule has 0 radical (unpaired) electrons. The third kappa shape index (κ3) is 7.19. The molecule has 0 aliphatic heterocycles. The van der Waals surface area contributed by atoms with Crippen molar-refractivity contribution in [2.75, 3.05) is 0 Å². The molecule has 0 aliphatic carbocycles. The van der Waals surface area contributed by atoms with E-state index in [2.05, 4.69) is 0 Å². The van der Waals surface area contributed by atoms with Gasteiger partial charge in [0.2, 0.25) is 0 Å². The van der Waals surface area contributed by atoms with E-state index >= 15 is 0 Å². The Labute approximate surface area is 148 Å². The van der Waals surface area contributed by atoms with Gasteiger partial charge in [0.1, 0.15) is 0 Å². The summed E-state index contributed by atoms with van der Waals surface area (Å²) < 4.78 is 0. The Bertz CT molecular complexity index is 552. The number of benzene rings is 2. The second kappa shape index (κ2) is 10.7. The van der Waals surface area contributed by atoms with Crippen LogP contribution in [0.15, 0.2) is 60.7 Å². The zero-order valence-corrected chi connectivity index (χ0v) is 14.4. The minimum Gasteiger partial charge on any atom is -0.473 e. The maximum absolute atomic E-state index is 9.10. The maximum atomic E-state index is 9.10. The van der Waals surface area contributed by atoms with Gasteiger partial charge in [-0.3, -0.25) is 0 Å². The molecule has 0 bridgehead atoms. The summed E-state index contributed by atoms with van der Waals surface area (Å²) in [6.07, 6.45) is 0. The first-order valence-electron chi connectivity index (χ1n) is 6.50. The Hall–Kier alpha value is -2.01. The molecule has 2 rings (SSSR count). The molecule has 0 saturated heterocycles. The van der Waals surface area contributed by atoms with E-state index in [-0.39, 0.29) is 33.1 Å². The molecule has 126 valence electrons. The van der Waals surface area contributed by atoms with E-state index in [1.54, 1.807) is 0 Å². The average molecular weight is 497 g/mol. The van der Waals surface area contributed by atoms with Crippen molar-refractivity contribution in [1.29, 1.82) is 0 Å². The molecule has 7 heteroatoms. The summed E-state index contributed by atoms with van der Waals surface area (Å²) >= 11 is 0. The molecule has 2 aromatic rings. The van der Waals surface area contributed by atoms with Crippen LogP contribution in [0.5, 0.6) is 0 Å². The first-order valence-corrected chi connectivity index (χ1v) is 6.50. The van der Waals surface area contributed by atoms with Crippen molar-refractivity contribution in [3.63, 3.8) is 0 Å². The van der Waals surface area contributed by atoms with Gasteiger partial charge in [0, 0.05) is 33.1 Å². The molecule has 6 nitrogen and oxygen atoms in total. The van der Waals surface area contributed by atoms with Gasteiger partial charge in [-0.1, -0.05) is 60.7 Å². The standard InChI is InChI=1S/C14H16N2.C2H2O4.Pt/c15-13(11-7-3-1-4-8-11)14(16)12-9-5-2-6-10-12;3-1(4)2(5)6;/h1-10,13-14H,15-16H2;(H,3,4)(H,5,6);. The molecule has 2 unspecified atom stereocenters. The third-order valence-electron chi connectivity index (χ3n) is 2.94. The van der Waals surface area contributed by atoms with Gasteiger partial charge in [0.15, 0.2) is 0 Å². The second-order valence-corrected chi connectivity index (χ2v) is 4.48. The van der Waals surface area contributed by atoms with Crippen molar-refractivity contribution in [2.24, 2.45) is 11.5 Å². The van der Waals surface area contributed by atoms with E-state index in [0.29, 0.717) is 0 Å². The van der Waals surface area contributed by atoms with Gasteiger partial charge in [-0.15, -0.1) is 0 Å². The van der Waals surface area contributed by atoms with Crippen molar-refractivity contribution in [1.82, 2.24) is 0 Å². The van der Waals surface area contributed by atoms with Crippen LogP contribution >= 0.6 is 0 Å². The van der Waals surface area contributed by atoms with E-state index < -0.39 is 11.9 Å². The predicted molar refractivity (Wildman–Crippen MR) is 82.0 cm³/mol. The monoisotopic (exact) mass is 497 g/mol. The molecule has 2 atom stereocenters.